The van der Waals surface area contributed by atoms with E-state index in [0.29, 0.717) is 12.5 Å². The van der Waals surface area contributed by atoms with Crippen molar-refractivity contribution in [1.82, 2.24) is 20.4 Å². The smallest absolute Gasteiger partial charge is 0.315 e. The fourth-order valence-electron chi connectivity index (χ4n) is 3.47. The van der Waals surface area contributed by atoms with E-state index in [1.165, 1.54) is 12.0 Å². The Morgan fingerprint density at radius 2 is 2.08 bits per heavy atom. The molecule has 5 heteroatoms. The van der Waals surface area contributed by atoms with Gasteiger partial charge in [-0.1, -0.05) is 30.3 Å². The lowest BCUT2D eigenvalue weighted by Crippen LogP contribution is -2.40. The summed E-state index contributed by atoms with van der Waals surface area (Å²) in [6.07, 6.45) is 6.23. The van der Waals surface area contributed by atoms with Crippen molar-refractivity contribution in [2.45, 2.75) is 45.2 Å². The molecule has 2 N–H and O–H groups in total. The average Bonchev–Trinajstić information content (AvgIpc) is 3.14. The predicted octanol–water partition coefficient (Wildman–Crippen LogP) is 2.94. The van der Waals surface area contributed by atoms with Gasteiger partial charge in [-0.3, -0.25) is 4.68 Å². The van der Waals surface area contributed by atoms with Crippen molar-refractivity contribution in [3.05, 3.63) is 53.3 Å². The lowest BCUT2D eigenvalue weighted by molar-refractivity contribution is 0.236. The Bertz CT molecular complexity index is 680. The number of carbonyl (C=O) groups is 1. The summed E-state index contributed by atoms with van der Waals surface area (Å²) in [5.74, 6) is 0.665. The number of aromatic nitrogens is 2. The van der Waals surface area contributed by atoms with Gasteiger partial charge in [0.2, 0.25) is 0 Å². The van der Waals surface area contributed by atoms with E-state index in [0.717, 1.165) is 30.5 Å². The molecule has 1 aliphatic carbocycles. The Labute approximate surface area is 143 Å². The minimum atomic E-state index is -0.0800. The summed E-state index contributed by atoms with van der Waals surface area (Å²) in [6.45, 7) is 2.53. The van der Waals surface area contributed by atoms with Gasteiger partial charge in [0.15, 0.2) is 0 Å². The highest BCUT2D eigenvalue weighted by Crippen LogP contribution is 2.28. The summed E-state index contributed by atoms with van der Waals surface area (Å²) in [6, 6.07) is 10.8. The zero-order valence-electron chi connectivity index (χ0n) is 14.5. The first-order chi connectivity index (χ1) is 11.6. The Morgan fingerprint density at radius 1 is 1.29 bits per heavy atom. The normalized spacial score (nSPS) is 20.1. The van der Waals surface area contributed by atoms with E-state index in [1.807, 2.05) is 18.7 Å². The zero-order valence-corrected chi connectivity index (χ0v) is 14.5. The van der Waals surface area contributed by atoms with E-state index < -0.39 is 0 Å². The van der Waals surface area contributed by atoms with E-state index in [4.69, 9.17) is 0 Å². The first kappa shape index (κ1) is 16.6. The van der Waals surface area contributed by atoms with E-state index >= 15 is 0 Å². The third-order valence-electron chi connectivity index (χ3n) is 5.02. The van der Waals surface area contributed by atoms with Crippen molar-refractivity contribution < 1.29 is 4.79 Å². The minimum absolute atomic E-state index is 0.0800. The summed E-state index contributed by atoms with van der Waals surface area (Å²) < 4.78 is 1.82. The van der Waals surface area contributed by atoms with Gasteiger partial charge >= 0.3 is 6.03 Å². The van der Waals surface area contributed by atoms with Crippen LogP contribution >= 0.6 is 0 Å². The molecule has 1 aromatic carbocycles. The lowest BCUT2D eigenvalue weighted by atomic mass is 9.98. The molecule has 1 fully saturated rings. The molecule has 2 amide bonds. The highest BCUT2D eigenvalue weighted by molar-refractivity contribution is 5.74. The van der Waals surface area contributed by atoms with E-state index in [-0.39, 0.29) is 12.1 Å². The molecule has 1 heterocycles. The minimum Gasteiger partial charge on any atom is -0.335 e. The maximum Gasteiger partial charge on any atom is 0.315 e. The topological polar surface area (TPSA) is 59.0 Å². The SMILES string of the molecule is Cc1c(CNC(=O)N[C@@H]2CC[C@H](Cc3ccccc3)C2)cnn1C. The Morgan fingerprint density at radius 3 is 2.79 bits per heavy atom. The highest BCUT2D eigenvalue weighted by Gasteiger charge is 2.25. The summed E-state index contributed by atoms with van der Waals surface area (Å²) >= 11 is 0. The molecule has 0 saturated heterocycles. The first-order valence-electron chi connectivity index (χ1n) is 8.67. The number of benzene rings is 1. The quantitative estimate of drug-likeness (QED) is 0.887. The van der Waals surface area contributed by atoms with E-state index in [9.17, 15) is 4.79 Å². The molecule has 24 heavy (non-hydrogen) atoms. The van der Waals surface area contributed by atoms with Gasteiger partial charge in [0, 0.05) is 30.9 Å². The van der Waals surface area contributed by atoms with Crippen LogP contribution in [0.5, 0.6) is 0 Å². The second kappa shape index (κ2) is 7.51. The number of amides is 2. The zero-order chi connectivity index (χ0) is 16.9. The van der Waals surface area contributed by atoms with Crippen LogP contribution in [-0.4, -0.2) is 21.9 Å². The summed E-state index contributed by atoms with van der Waals surface area (Å²) in [5, 5.41) is 10.2. The van der Waals surface area contributed by atoms with Gasteiger partial charge in [0.25, 0.3) is 0 Å². The number of urea groups is 1. The number of hydrogen-bond donors (Lipinski definition) is 2. The Kier molecular flexibility index (Phi) is 5.18. The number of carbonyl (C=O) groups excluding carboxylic acids is 1. The standard InChI is InChI=1S/C19H26N4O/c1-14-17(13-21-23(14)2)12-20-19(24)22-18-9-8-16(11-18)10-15-6-4-3-5-7-15/h3-7,13,16,18H,8-12H2,1-2H3,(H2,20,22,24)/t16-,18-/m1/s1. The number of nitrogens with zero attached hydrogens (tertiary/aromatic N) is 2. The molecule has 0 radical (unpaired) electrons. The van der Waals surface area contributed by atoms with Crippen LogP contribution in [0.25, 0.3) is 0 Å². The lowest BCUT2D eigenvalue weighted by Gasteiger charge is -2.14. The Balaban J connectivity index is 1.42. The molecule has 2 atom stereocenters. The highest BCUT2D eigenvalue weighted by atomic mass is 16.2. The summed E-state index contributed by atoms with van der Waals surface area (Å²) in [4.78, 5) is 12.1. The van der Waals surface area contributed by atoms with Crippen molar-refractivity contribution in [2.24, 2.45) is 13.0 Å². The van der Waals surface area contributed by atoms with Crippen molar-refractivity contribution in [2.75, 3.05) is 0 Å². The fourth-order valence-corrected chi connectivity index (χ4v) is 3.47. The van der Waals surface area contributed by atoms with Crippen molar-refractivity contribution in [1.29, 1.82) is 0 Å². The van der Waals surface area contributed by atoms with Crippen LogP contribution in [0.2, 0.25) is 0 Å². The molecular formula is C19H26N4O. The van der Waals surface area contributed by atoms with Gasteiger partial charge in [-0.15, -0.1) is 0 Å². The third kappa shape index (κ3) is 4.16. The fraction of sp³-hybridized carbons (Fsp3) is 0.474. The molecule has 1 saturated carbocycles. The summed E-state index contributed by atoms with van der Waals surface area (Å²) in [7, 11) is 1.91. The largest absolute Gasteiger partial charge is 0.335 e. The predicted molar refractivity (Wildman–Crippen MR) is 94.6 cm³/mol. The third-order valence-corrected chi connectivity index (χ3v) is 5.02. The van der Waals surface area contributed by atoms with Crippen LogP contribution < -0.4 is 10.6 Å². The van der Waals surface area contributed by atoms with Gasteiger partial charge < -0.3 is 10.6 Å². The molecule has 0 unspecified atom stereocenters. The maximum atomic E-state index is 12.1. The van der Waals surface area contributed by atoms with E-state index in [1.54, 1.807) is 6.20 Å². The number of nitrogens with one attached hydrogen (secondary N) is 2. The van der Waals surface area contributed by atoms with E-state index in [2.05, 4.69) is 46.1 Å². The van der Waals surface area contributed by atoms with Crippen LogP contribution in [0.1, 0.15) is 36.1 Å². The molecule has 0 spiro atoms. The monoisotopic (exact) mass is 326 g/mol. The molecule has 128 valence electrons. The number of hydrogen-bond acceptors (Lipinski definition) is 2. The van der Waals surface area contributed by atoms with Gasteiger partial charge in [-0.05, 0) is 44.1 Å². The first-order valence-corrected chi connectivity index (χ1v) is 8.67. The Hall–Kier alpha value is -2.30. The molecule has 1 aliphatic rings. The summed E-state index contributed by atoms with van der Waals surface area (Å²) in [5.41, 5.74) is 3.53. The van der Waals surface area contributed by atoms with Crippen LogP contribution in [-0.2, 0) is 20.0 Å². The van der Waals surface area contributed by atoms with Crippen LogP contribution in [0.15, 0.2) is 36.5 Å². The molecule has 2 aromatic rings. The van der Waals surface area contributed by atoms with Crippen LogP contribution in [0.4, 0.5) is 4.79 Å². The second-order valence-electron chi connectivity index (χ2n) is 6.77. The van der Waals surface area contributed by atoms with Crippen LogP contribution in [0, 0.1) is 12.8 Å². The second-order valence-corrected chi connectivity index (χ2v) is 6.77. The van der Waals surface area contributed by atoms with Gasteiger partial charge in [0.05, 0.1) is 6.20 Å². The molecule has 5 nitrogen and oxygen atoms in total. The molecule has 0 bridgehead atoms. The number of rotatable bonds is 5. The van der Waals surface area contributed by atoms with Gasteiger partial charge in [0.1, 0.15) is 0 Å². The molecular weight excluding hydrogens is 300 g/mol. The van der Waals surface area contributed by atoms with Crippen LogP contribution in [0.3, 0.4) is 0 Å². The molecule has 1 aromatic heterocycles. The molecule has 0 aliphatic heterocycles. The van der Waals surface area contributed by atoms with Crippen molar-refractivity contribution in [3.8, 4) is 0 Å². The average molecular weight is 326 g/mol. The van der Waals surface area contributed by atoms with Crippen molar-refractivity contribution in [3.63, 3.8) is 0 Å². The number of aryl methyl sites for hydroxylation is 1. The molecule has 3 rings (SSSR count). The maximum absolute atomic E-state index is 12.1. The van der Waals surface area contributed by atoms with Gasteiger partial charge in [-0.25, -0.2) is 4.79 Å². The van der Waals surface area contributed by atoms with Gasteiger partial charge in [-0.2, -0.15) is 5.10 Å². The van der Waals surface area contributed by atoms with Crippen molar-refractivity contribution >= 4 is 6.03 Å².